The Kier molecular flexibility index (Phi) is 3.80. The van der Waals surface area contributed by atoms with Crippen molar-refractivity contribution in [1.82, 2.24) is 10.2 Å². The van der Waals surface area contributed by atoms with Crippen molar-refractivity contribution >= 4 is 5.91 Å². The van der Waals surface area contributed by atoms with Gasteiger partial charge in [-0.1, -0.05) is 12.1 Å². The second-order valence-corrected chi connectivity index (χ2v) is 5.13. The average Bonchev–Trinajstić information content (AvgIpc) is 2.86. The molecule has 0 saturated carbocycles. The molecular formula is C15H17FN2O2. The van der Waals surface area contributed by atoms with Crippen LogP contribution in [0.25, 0.3) is 0 Å². The Balaban J connectivity index is 1.75. The molecule has 2 heterocycles. The van der Waals surface area contributed by atoms with Gasteiger partial charge in [-0.15, -0.1) is 0 Å². The zero-order valence-corrected chi connectivity index (χ0v) is 11.1. The molecule has 1 atom stereocenters. The third-order valence-electron chi connectivity index (χ3n) is 3.73. The van der Waals surface area contributed by atoms with E-state index in [1.807, 2.05) is 0 Å². The van der Waals surface area contributed by atoms with Gasteiger partial charge in [0.15, 0.2) is 0 Å². The lowest BCUT2D eigenvalue weighted by atomic mass is 10.0. The highest BCUT2D eigenvalue weighted by atomic mass is 19.1. The monoisotopic (exact) mass is 276 g/mol. The summed E-state index contributed by atoms with van der Waals surface area (Å²) in [6, 6.07) is 6.66. The molecule has 20 heavy (non-hydrogen) atoms. The van der Waals surface area contributed by atoms with E-state index in [0.717, 1.165) is 24.2 Å². The summed E-state index contributed by atoms with van der Waals surface area (Å²) in [5.41, 5.74) is 2.13. The van der Waals surface area contributed by atoms with E-state index in [0.29, 0.717) is 19.8 Å². The Morgan fingerprint density at radius 2 is 2.15 bits per heavy atom. The van der Waals surface area contributed by atoms with E-state index < -0.39 is 0 Å². The smallest absolute Gasteiger partial charge is 0.244 e. The lowest BCUT2D eigenvalue weighted by Crippen LogP contribution is -2.40. The number of ether oxygens (including phenoxy) is 1. The normalized spacial score (nSPS) is 23.6. The molecule has 2 aliphatic rings. The van der Waals surface area contributed by atoms with Crippen LogP contribution in [-0.4, -0.2) is 43.7 Å². The van der Waals surface area contributed by atoms with Gasteiger partial charge in [-0.3, -0.25) is 9.69 Å². The Hall–Kier alpha value is -1.72. The minimum atomic E-state index is -0.231. The molecule has 1 unspecified atom stereocenters. The Labute approximate surface area is 117 Å². The number of hydrogen-bond acceptors (Lipinski definition) is 3. The number of halogens is 1. The summed E-state index contributed by atoms with van der Waals surface area (Å²) in [7, 11) is 0. The summed E-state index contributed by atoms with van der Waals surface area (Å²) < 4.78 is 18.6. The van der Waals surface area contributed by atoms with Gasteiger partial charge in [0.25, 0.3) is 0 Å². The van der Waals surface area contributed by atoms with Gasteiger partial charge >= 0.3 is 0 Å². The van der Waals surface area contributed by atoms with Crippen molar-refractivity contribution in [1.29, 1.82) is 0 Å². The number of benzene rings is 1. The third kappa shape index (κ3) is 2.89. The first-order chi connectivity index (χ1) is 9.72. The highest BCUT2D eigenvalue weighted by Crippen LogP contribution is 2.25. The van der Waals surface area contributed by atoms with Crippen molar-refractivity contribution in [3.05, 3.63) is 47.3 Å². The fraction of sp³-hybridized carbons (Fsp3) is 0.400. The molecule has 2 aliphatic heterocycles. The summed E-state index contributed by atoms with van der Waals surface area (Å²) >= 11 is 0. The van der Waals surface area contributed by atoms with E-state index in [1.54, 1.807) is 18.2 Å². The fourth-order valence-corrected chi connectivity index (χ4v) is 2.67. The molecular weight excluding hydrogens is 259 g/mol. The van der Waals surface area contributed by atoms with Gasteiger partial charge in [-0.05, 0) is 23.3 Å². The molecule has 1 fully saturated rings. The molecule has 0 spiro atoms. The molecule has 106 valence electrons. The van der Waals surface area contributed by atoms with Gasteiger partial charge in [-0.25, -0.2) is 4.39 Å². The van der Waals surface area contributed by atoms with Crippen LogP contribution in [0.4, 0.5) is 4.39 Å². The maximum atomic E-state index is 13.0. The number of nitrogens with one attached hydrogen (secondary N) is 1. The average molecular weight is 276 g/mol. The zero-order valence-electron chi connectivity index (χ0n) is 11.1. The quantitative estimate of drug-likeness (QED) is 0.903. The van der Waals surface area contributed by atoms with Crippen molar-refractivity contribution in [2.75, 3.05) is 32.8 Å². The zero-order chi connectivity index (χ0) is 13.9. The highest BCUT2D eigenvalue weighted by molar-refractivity contribution is 5.91. The van der Waals surface area contributed by atoms with E-state index in [2.05, 4.69) is 10.2 Å². The number of carbonyl (C=O) groups is 1. The Morgan fingerprint density at radius 3 is 2.85 bits per heavy atom. The molecule has 4 nitrogen and oxygen atoms in total. The highest BCUT2D eigenvalue weighted by Gasteiger charge is 2.26. The van der Waals surface area contributed by atoms with E-state index in [9.17, 15) is 9.18 Å². The number of nitrogens with zero attached hydrogens (tertiary/aromatic N) is 1. The number of carbonyl (C=O) groups excluding carboxylic acids is 1. The van der Waals surface area contributed by atoms with Crippen molar-refractivity contribution in [3.8, 4) is 0 Å². The molecule has 0 aromatic heterocycles. The van der Waals surface area contributed by atoms with Gasteiger partial charge in [-0.2, -0.15) is 0 Å². The molecule has 1 saturated heterocycles. The largest absolute Gasteiger partial charge is 0.378 e. The molecule has 1 amide bonds. The maximum absolute atomic E-state index is 13.0. The first-order valence-corrected chi connectivity index (χ1v) is 6.77. The second kappa shape index (κ2) is 5.73. The van der Waals surface area contributed by atoms with Crippen LogP contribution in [0.3, 0.4) is 0 Å². The lowest BCUT2D eigenvalue weighted by Gasteiger charge is -2.36. The fourth-order valence-electron chi connectivity index (χ4n) is 2.67. The van der Waals surface area contributed by atoms with Crippen LogP contribution < -0.4 is 5.32 Å². The van der Waals surface area contributed by atoms with Crippen molar-refractivity contribution in [3.63, 3.8) is 0 Å². The molecule has 0 aliphatic carbocycles. The molecule has 5 heteroatoms. The predicted octanol–water partition coefficient (Wildman–Crippen LogP) is 1.26. The van der Waals surface area contributed by atoms with E-state index >= 15 is 0 Å². The Morgan fingerprint density at radius 1 is 1.35 bits per heavy atom. The Bertz CT molecular complexity index is 527. The van der Waals surface area contributed by atoms with Gasteiger partial charge in [0.2, 0.25) is 5.91 Å². The first-order valence-electron chi connectivity index (χ1n) is 6.77. The molecule has 0 bridgehead atoms. The maximum Gasteiger partial charge on any atom is 0.244 e. The van der Waals surface area contributed by atoms with Crippen LogP contribution in [-0.2, 0) is 9.53 Å². The number of rotatable bonds is 3. The number of amides is 1. The van der Waals surface area contributed by atoms with Crippen LogP contribution in [0.15, 0.2) is 35.9 Å². The molecule has 0 radical (unpaired) electrons. The van der Waals surface area contributed by atoms with Gasteiger partial charge in [0.05, 0.1) is 19.3 Å². The molecule has 1 aromatic rings. The van der Waals surface area contributed by atoms with Crippen LogP contribution in [0.1, 0.15) is 11.6 Å². The SMILES string of the molecule is O=C1C=C(CN2CCOCC2c2ccc(F)cc2)CN1. The molecule has 3 rings (SSSR count). The second-order valence-electron chi connectivity index (χ2n) is 5.13. The van der Waals surface area contributed by atoms with Gasteiger partial charge < -0.3 is 10.1 Å². The topological polar surface area (TPSA) is 41.6 Å². The van der Waals surface area contributed by atoms with Gasteiger partial charge in [0.1, 0.15) is 5.82 Å². The summed E-state index contributed by atoms with van der Waals surface area (Å²) in [4.78, 5) is 13.5. The number of morpholine rings is 1. The standard InChI is InChI=1S/C15H17FN2O2/c16-13-3-1-12(2-4-13)14-10-20-6-5-18(14)9-11-7-15(19)17-8-11/h1-4,7,14H,5-6,8-10H2,(H,17,19). The predicted molar refractivity (Wildman–Crippen MR) is 72.6 cm³/mol. The van der Waals surface area contributed by atoms with Crippen LogP contribution in [0.5, 0.6) is 0 Å². The summed E-state index contributed by atoms with van der Waals surface area (Å²) in [6.45, 7) is 3.46. The first kappa shape index (κ1) is 13.3. The summed E-state index contributed by atoms with van der Waals surface area (Å²) in [5, 5.41) is 2.78. The summed E-state index contributed by atoms with van der Waals surface area (Å²) in [5.74, 6) is -0.253. The molecule has 1 N–H and O–H groups in total. The van der Waals surface area contributed by atoms with Crippen molar-refractivity contribution in [2.24, 2.45) is 0 Å². The van der Waals surface area contributed by atoms with Crippen LogP contribution in [0, 0.1) is 5.82 Å². The number of hydrogen-bond donors (Lipinski definition) is 1. The van der Waals surface area contributed by atoms with Crippen molar-refractivity contribution < 1.29 is 13.9 Å². The summed E-state index contributed by atoms with van der Waals surface area (Å²) in [6.07, 6.45) is 1.66. The van der Waals surface area contributed by atoms with Crippen molar-refractivity contribution in [2.45, 2.75) is 6.04 Å². The minimum Gasteiger partial charge on any atom is -0.378 e. The lowest BCUT2D eigenvalue weighted by molar-refractivity contribution is -0.115. The van der Waals surface area contributed by atoms with Crippen LogP contribution in [0.2, 0.25) is 0 Å². The minimum absolute atomic E-state index is 0.0217. The van der Waals surface area contributed by atoms with E-state index in [1.165, 1.54) is 12.1 Å². The van der Waals surface area contributed by atoms with Crippen LogP contribution >= 0.6 is 0 Å². The third-order valence-corrected chi connectivity index (χ3v) is 3.73. The van der Waals surface area contributed by atoms with Gasteiger partial charge in [0, 0.05) is 25.7 Å². The van der Waals surface area contributed by atoms with E-state index in [4.69, 9.17) is 4.74 Å². The molecule has 1 aromatic carbocycles. The van der Waals surface area contributed by atoms with E-state index in [-0.39, 0.29) is 17.8 Å².